The molecule has 216 valence electrons. The summed E-state index contributed by atoms with van der Waals surface area (Å²) in [7, 11) is 1.98. The number of anilines is 1. The molecule has 5 N–H and O–H groups in total. The number of likely N-dealkylation sites (N-methyl/N-ethyl adjacent to an activating group) is 1. The highest BCUT2D eigenvalue weighted by Gasteiger charge is 2.15. The largest absolute Gasteiger partial charge is 0.487 e. The van der Waals surface area contributed by atoms with E-state index in [-0.39, 0.29) is 11.6 Å². The molecule has 0 unspecified atom stereocenters. The van der Waals surface area contributed by atoms with Gasteiger partial charge >= 0.3 is 0 Å². The number of pyridine rings is 1. The van der Waals surface area contributed by atoms with Gasteiger partial charge in [-0.15, -0.1) is 0 Å². The van der Waals surface area contributed by atoms with Gasteiger partial charge in [0.15, 0.2) is 0 Å². The van der Waals surface area contributed by atoms with Crippen LogP contribution in [0.1, 0.15) is 34.4 Å². The van der Waals surface area contributed by atoms with E-state index in [4.69, 9.17) is 4.74 Å². The highest BCUT2D eigenvalue weighted by Crippen LogP contribution is 2.30. The number of ether oxygens (including phenoxy) is 1. The zero-order valence-corrected chi connectivity index (χ0v) is 23.8. The highest BCUT2D eigenvalue weighted by molar-refractivity contribution is 5.87. The van der Waals surface area contributed by atoms with Crippen LogP contribution in [-0.4, -0.2) is 36.8 Å². The van der Waals surface area contributed by atoms with Crippen molar-refractivity contribution in [1.82, 2.24) is 15.6 Å². The quantitative estimate of drug-likeness (QED) is 0.117. The average Bonchev–Trinajstić information content (AvgIpc) is 3.03. The number of hydrogen-bond donors (Lipinski definition) is 5. The Morgan fingerprint density at radius 1 is 0.810 bits per heavy atom. The molecule has 4 aromatic carbocycles. The molecule has 0 amide bonds. The Kier molecular flexibility index (Phi) is 10.0. The predicted molar refractivity (Wildman–Crippen MR) is 170 cm³/mol. The van der Waals surface area contributed by atoms with Crippen molar-refractivity contribution in [2.24, 2.45) is 0 Å². The first-order chi connectivity index (χ1) is 20.6. The molecule has 0 saturated heterocycles. The third-order valence-electron chi connectivity index (χ3n) is 7.43. The first-order valence-corrected chi connectivity index (χ1v) is 14.4. The maximum absolute atomic E-state index is 12.1. The Hall–Kier alpha value is -4.43. The minimum Gasteiger partial charge on any atom is -0.487 e. The number of nitrogens with one attached hydrogen (secondary N) is 4. The van der Waals surface area contributed by atoms with E-state index in [1.165, 1.54) is 17.2 Å². The molecule has 0 fully saturated rings. The lowest BCUT2D eigenvalue weighted by molar-refractivity contribution is 0.176. The van der Waals surface area contributed by atoms with Crippen molar-refractivity contribution < 1.29 is 9.84 Å². The van der Waals surface area contributed by atoms with Gasteiger partial charge in [-0.25, -0.2) is 0 Å². The number of hydrogen-bond acceptors (Lipinski definition) is 6. The number of benzene rings is 4. The van der Waals surface area contributed by atoms with Crippen LogP contribution < -0.4 is 26.2 Å². The third-order valence-corrected chi connectivity index (χ3v) is 7.43. The van der Waals surface area contributed by atoms with Crippen molar-refractivity contribution in [3.8, 4) is 5.75 Å². The molecular formula is C35H38N4O3. The summed E-state index contributed by atoms with van der Waals surface area (Å²) in [5, 5.41) is 22.0. The lowest BCUT2D eigenvalue weighted by Crippen LogP contribution is -2.24. The molecule has 0 aliphatic heterocycles. The van der Waals surface area contributed by atoms with E-state index in [0.29, 0.717) is 24.4 Å². The average molecular weight is 563 g/mol. The Balaban J connectivity index is 1.13. The van der Waals surface area contributed by atoms with Gasteiger partial charge in [-0.3, -0.25) is 4.79 Å². The minimum absolute atomic E-state index is 0.212. The van der Waals surface area contributed by atoms with Crippen molar-refractivity contribution in [3.05, 3.63) is 142 Å². The molecule has 1 heterocycles. The van der Waals surface area contributed by atoms with E-state index in [2.05, 4.69) is 69.5 Å². The number of rotatable bonds is 14. The summed E-state index contributed by atoms with van der Waals surface area (Å²) in [5.41, 5.74) is 5.72. The number of aromatic amines is 1. The maximum Gasteiger partial charge on any atom is 0.248 e. The van der Waals surface area contributed by atoms with Crippen molar-refractivity contribution in [3.63, 3.8) is 0 Å². The smallest absolute Gasteiger partial charge is 0.248 e. The monoisotopic (exact) mass is 562 g/mol. The zero-order valence-electron chi connectivity index (χ0n) is 23.8. The molecule has 0 spiro atoms. The number of aliphatic hydroxyl groups excluding tert-OH is 1. The Labute approximate surface area is 246 Å². The highest BCUT2D eigenvalue weighted by atomic mass is 16.5. The van der Waals surface area contributed by atoms with Crippen LogP contribution in [0.4, 0.5) is 5.69 Å². The summed E-state index contributed by atoms with van der Waals surface area (Å²) in [6, 6.07) is 35.9. The van der Waals surface area contributed by atoms with E-state index < -0.39 is 6.10 Å². The van der Waals surface area contributed by atoms with Crippen LogP contribution >= 0.6 is 0 Å². The molecule has 0 bridgehead atoms. The predicted octanol–water partition coefficient (Wildman–Crippen LogP) is 5.35. The summed E-state index contributed by atoms with van der Waals surface area (Å²) < 4.78 is 6.03. The van der Waals surface area contributed by atoms with E-state index in [1.54, 1.807) is 6.07 Å². The molecule has 42 heavy (non-hydrogen) atoms. The van der Waals surface area contributed by atoms with Gasteiger partial charge in [0, 0.05) is 36.3 Å². The van der Waals surface area contributed by atoms with E-state index in [0.717, 1.165) is 41.7 Å². The fraction of sp³-hybridized carbons (Fsp3) is 0.229. The molecule has 7 nitrogen and oxygen atoms in total. The van der Waals surface area contributed by atoms with E-state index in [1.807, 2.05) is 55.6 Å². The topological polar surface area (TPSA) is 98.4 Å². The van der Waals surface area contributed by atoms with Gasteiger partial charge in [0.25, 0.3) is 0 Å². The van der Waals surface area contributed by atoms with Crippen LogP contribution in [-0.2, 0) is 13.0 Å². The molecule has 0 aliphatic rings. The summed E-state index contributed by atoms with van der Waals surface area (Å²) in [5.74, 6) is 0.579. The molecular weight excluding hydrogens is 524 g/mol. The van der Waals surface area contributed by atoms with Gasteiger partial charge in [-0.1, -0.05) is 78.9 Å². The molecule has 0 radical (unpaired) electrons. The van der Waals surface area contributed by atoms with Gasteiger partial charge < -0.3 is 30.8 Å². The van der Waals surface area contributed by atoms with Crippen molar-refractivity contribution in [1.29, 1.82) is 0 Å². The lowest BCUT2D eigenvalue weighted by atomic mass is 10.0. The summed E-state index contributed by atoms with van der Waals surface area (Å²) in [6.07, 6.45) is 0.106. The Morgan fingerprint density at radius 3 is 2.29 bits per heavy atom. The molecule has 2 atom stereocenters. The number of H-pyrrole nitrogens is 1. The number of aromatic nitrogens is 1. The lowest BCUT2D eigenvalue weighted by Gasteiger charge is -2.18. The molecule has 1 aromatic heterocycles. The first-order valence-electron chi connectivity index (χ1n) is 14.4. The van der Waals surface area contributed by atoms with Crippen LogP contribution in [0.15, 0.2) is 114 Å². The maximum atomic E-state index is 12.1. The summed E-state index contributed by atoms with van der Waals surface area (Å²) >= 11 is 0. The van der Waals surface area contributed by atoms with Crippen LogP contribution in [0.5, 0.6) is 5.75 Å². The van der Waals surface area contributed by atoms with Crippen molar-refractivity contribution >= 4 is 16.6 Å². The Bertz CT molecular complexity index is 1610. The standard InChI is InChI=1S/C35H38N4O3/c1-36-31(27-10-6-3-7-11-27)22-38-28-14-12-25(13-15-28)20-21-37-23-32(40)29-16-18-33(35-30(29)17-19-34(41)39-35)42-24-26-8-4-2-5-9-26/h2-19,31-32,36-38,40H,20-24H2,1H3,(H,39,41)/t31-,32+/m1/s1. The Morgan fingerprint density at radius 2 is 1.55 bits per heavy atom. The van der Waals surface area contributed by atoms with E-state index in [9.17, 15) is 9.90 Å². The van der Waals surface area contributed by atoms with E-state index >= 15 is 0 Å². The van der Waals surface area contributed by atoms with Gasteiger partial charge in [0.05, 0.1) is 11.6 Å². The number of fused-ring (bicyclic) bond motifs is 1. The van der Waals surface area contributed by atoms with Crippen LogP contribution in [0, 0.1) is 0 Å². The molecule has 7 heteroatoms. The van der Waals surface area contributed by atoms with Crippen LogP contribution in [0.25, 0.3) is 10.9 Å². The van der Waals surface area contributed by atoms with Gasteiger partial charge in [0.1, 0.15) is 12.4 Å². The second-order valence-electron chi connectivity index (χ2n) is 10.3. The second kappa shape index (κ2) is 14.5. The van der Waals surface area contributed by atoms with Crippen molar-refractivity contribution in [2.75, 3.05) is 32.0 Å². The fourth-order valence-corrected chi connectivity index (χ4v) is 5.06. The summed E-state index contributed by atoms with van der Waals surface area (Å²) in [6.45, 7) is 2.30. The summed E-state index contributed by atoms with van der Waals surface area (Å²) in [4.78, 5) is 15.0. The van der Waals surface area contributed by atoms with Crippen molar-refractivity contribution in [2.45, 2.75) is 25.2 Å². The zero-order chi connectivity index (χ0) is 29.1. The molecule has 5 rings (SSSR count). The van der Waals surface area contributed by atoms with Gasteiger partial charge in [0.2, 0.25) is 5.56 Å². The minimum atomic E-state index is -0.738. The first kappa shape index (κ1) is 29.1. The normalized spacial score (nSPS) is 12.6. The van der Waals surface area contributed by atoms with Gasteiger partial charge in [-0.05, 0) is 66.5 Å². The van der Waals surface area contributed by atoms with Gasteiger partial charge in [-0.2, -0.15) is 0 Å². The molecule has 0 aliphatic carbocycles. The SMILES string of the molecule is CN[C@H](CNc1ccc(CCNC[C@H](O)c2ccc(OCc3ccccc3)c3[nH]c(=O)ccc23)cc1)c1ccccc1. The third kappa shape index (κ3) is 7.64. The fourth-order valence-electron chi connectivity index (χ4n) is 5.06. The van der Waals surface area contributed by atoms with Crippen LogP contribution in [0.2, 0.25) is 0 Å². The number of aliphatic hydroxyl groups is 1. The van der Waals surface area contributed by atoms with Crippen LogP contribution in [0.3, 0.4) is 0 Å². The second-order valence-corrected chi connectivity index (χ2v) is 10.3. The molecule has 0 saturated carbocycles. The molecule has 5 aromatic rings.